The van der Waals surface area contributed by atoms with Gasteiger partial charge < -0.3 is 0 Å². The van der Waals surface area contributed by atoms with Gasteiger partial charge in [0.2, 0.25) is 0 Å². The van der Waals surface area contributed by atoms with Gasteiger partial charge in [-0.15, -0.1) is 23.1 Å². The van der Waals surface area contributed by atoms with Crippen LogP contribution in [-0.2, 0) is 6.42 Å². The van der Waals surface area contributed by atoms with E-state index in [1.54, 1.807) is 9.77 Å². The monoisotopic (exact) mass is 170 g/mol. The van der Waals surface area contributed by atoms with Crippen molar-refractivity contribution in [2.24, 2.45) is 5.92 Å². The first-order valence-corrected chi connectivity index (χ1v) is 5.42. The Labute approximate surface area is 69.6 Å². The zero-order chi connectivity index (χ0) is 6.97. The van der Waals surface area contributed by atoms with Gasteiger partial charge in [-0.25, -0.2) is 0 Å². The molecular weight excluding hydrogens is 160 g/mol. The van der Waals surface area contributed by atoms with Crippen LogP contribution in [0.1, 0.15) is 12.5 Å². The summed E-state index contributed by atoms with van der Waals surface area (Å²) < 4.78 is 1.55. The molecule has 54 valence electrons. The van der Waals surface area contributed by atoms with Crippen molar-refractivity contribution in [1.29, 1.82) is 0 Å². The second kappa shape index (κ2) is 2.59. The van der Waals surface area contributed by atoms with Crippen LogP contribution in [0, 0.1) is 5.92 Å². The lowest BCUT2D eigenvalue weighted by molar-refractivity contribution is 0.645. The predicted octanol–water partition coefficient (Wildman–Crippen LogP) is 3.03. The summed E-state index contributed by atoms with van der Waals surface area (Å²) in [6.45, 7) is 2.33. The van der Waals surface area contributed by atoms with Crippen molar-refractivity contribution in [3.63, 3.8) is 0 Å². The molecule has 1 aromatic rings. The Balaban J connectivity index is 2.30. The first-order valence-electron chi connectivity index (χ1n) is 3.55. The molecule has 0 saturated carbocycles. The van der Waals surface area contributed by atoms with Gasteiger partial charge in [0.1, 0.15) is 0 Å². The van der Waals surface area contributed by atoms with E-state index in [0.717, 1.165) is 5.92 Å². The first kappa shape index (κ1) is 6.74. The van der Waals surface area contributed by atoms with Gasteiger partial charge in [-0.1, -0.05) is 6.92 Å². The smallest absolute Gasteiger partial charge is 0.0630 e. The fourth-order valence-electron chi connectivity index (χ4n) is 1.25. The van der Waals surface area contributed by atoms with Gasteiger partial charge in [0, 0.05) is 5.75 Å². The quantitative estimate of drug-likeness (QED) is 0.576. The minimum absolute atomic E-state index is 0.882. The lowest BCUT2D eigenvalue weighted by Gasteiger charge is -2.16. The number of fused-ring (bicyclic) bond motifs is 1. The van der Waals surface area contributed by atoms with E-state index < -0.39 is 0 Å². The maximum absolute atomic E-state index is 2.33. The molecule has 0 fully saturated rings. The zero-order valence-electron chi connectivity index (χ0n) is 5.96. The highest BCUT2D eigenvalue weighted by Crippen LogP contribution is 2.36. The van der Waals surface area contributed by atoms with E-state index in [4.69, 9.17) is 0 Å². The SMILES string of the molecule is CC1CSc2sccc2C1. The van der Waals surface area contributed by atoms with E-state index in [1.807, 2.05) is 23.1 Å². The van der Waals surface area contributed by atoms with Crippen LogP contribution in [-0.4, -0.2) is 5.75 Å². The highest BCUT2D eigenvalue weighted by molar-refractivity contribution is 8.01. The van der Waals surface area contributed by atoms with Crippen molar-refractivity contribution in [1.82, 2.24) is 0 Å². The van der Waals surface area contributed by atoms with E-state index in [1.165, 1.54) is 12.2 Å². The van der Waals surface area contributed by atoms with E-state index in [0.29, 0.717) is 0 Å². The summed E-state index contributed by atoms with van der Waals surface area (Å²) in [5.74, 6) is 2.19. The second-order valence-electron chi connectivity index (χ2n) is 2.85. The van der Waals surface area contributed by atoms with Crippen LogP contribution in [0.5, 0.6) is 0 Å². The minimum Gasteiger partial charge on any atom is -0.137 e. The Morgan fingerprint density at radius 1 is 1.60 bits per heavy atom. The Hall–Kier alpha value is 0.0500. The summed E-state index contributed by atoms with van der Waals surface area (Å²) in [7, 11) is 0. The van der Waals surface area contributed by atoms with Crippen LogP contribution < -0.4 is 0 Å². The third-order valence-corrected chi connectivity index (χ3v) is 4.42. The summed E-state index contributed by atoms with van der Waals surface area (Å²) >= 11 is 3.91. The Bertz CT molecular complexity index is 227. The Morgan fingerprint density at radius 2 is 2.50 bits per heavy atom. The number of rotatable bonds is 0. The third kappa shape index (κ3) is 1.10. The number of thioether (sulfide) groups is 1. The maximum Gasteiger partial charge on any atom is 0.0630 e. The molecule has 1 aliphatic heterocycles. The molecule has 10 heavy (non-hydrogen) atoms. The molecule has 0 aliphatic carbocycles. The van der Waals surface area contributed by atoms with E-state index in [9.17, 15) is 0 Å². The van der Waals surface area contributed by atoms with Gasteiger partial charge in [0.15, 0.2) is 0 Å². The summed E-state index contributed by atoms with van der Waals surface area (Å²) in [6, 6.07) is 2.27. The summed E-state index contributed by atoms with van der Waals surface area (Å²) in [6.07, 6.45) is 1.30. The number of hydrogen-bond acceptors (Lipinski definition) is 2. The Morgan fingerprint density at radius 3 is 3.40 bits per heavy atom. The number of thiophene rings is 1. The standard InChI is InChI=1S/C8H10S2/c1-6-4-7-2-3-9-8(7)10-5-6/h2-3,6H,4-5H2,1H3. The van der Waals surface area contributed by atoms with Crippen molar-refractivity contribution in [3.05, 3.63) is 17.0 Å². The summed E-state index contributed by atoms with van der Waals surface area (Å²) in [5, 5.41) is 2.20. The zero-order valence-corrected chi connectivity index (χ0v) is 7.60. The summed E-state index contributed by atoms with van der Waals surface area (Å²) in [4.78, 5) is 0. The molecule has 0 amide bonds. The van der Waals surface area contributed by atoms with Crippen LogP contribution in [0.15, 0.2) is 15.7 Å². The molecule has 2 heterocycles. The van der Waals surface area contributed by atoms with Gasteiger partial charge in [-0.05, 0) is 29.3 Å². The van der Waals surface area contributed by atoms with Gasteiger partial charge in [0.05, 0.1) is 4.21 Å². The number of hydrogen-bond donors (Lipinski definition) is 0. The highest BCUT2D eigenvalue weighted by Gasteiger charge is 2.15. The molecule has 0 N–H and O–H groups in total. The molecule has 2 rings (SSSR count). The largest absolute Gasteiger partial charge is 0.137 e. The van der Waals surface area contributed by atoms with Crippen LogP contribution in [0.25, 0.3) is 0 Å². The van der Waals surface area contributed by atoms with E-state index in [2.05, 4.69) is 18.4 Å². The Kier molecular flexibility index (Phi) is 1.75. The third-order valence-electron chi connectivity index (χ3n) is 1.77. The van der Waals surface area contributed by atoms with Crippen molar-refractivity contribution < 1.29 is 0 Å². The average molecular weight is 170 g/mol. The highest BCUT2D eigenvalue weighted by atomic mass is 32.2. The molecular formula is C8H10S2. The lowest BCUT2D eigenvalue weighted by Crippen LogP contribution is -2.06. The molecule has 1 atom stereocenters. The van der Waals surface area contributed by atoms with Crippen LogP contribution in [0.2, 0.25) is 0 Å². The molecule has 0 nitrogen and oxygen atoms in total. The average Bonchev–Trinajstić information content (AvgIpc) is 2.33. The van der Waals surface area contributed by atoms with Crippen molar-refractivity contribution >= 4 is 23.1 Å². The van der Waals surface area contributed by atoms with Crippen LogP contribution in [0.4, 0.5) is 0 Å². The lowest BCUT2D eigenvalue weighted by atomic mass is 10.1. The van der Waals surface area contributed by atoms with Crippen molar-refractivity contribution in [2.75, 3.05) is 5.75 Å². The second-order valence-corrected chi connectivity index (χ2v) is 5.06. The molecule has 0 aromatic carbocycles. The fourth-order valence-corrected chi connectivity index (χ4v) is 3.44. The fraction of sp³-hybridized carbons (Fsp3) is 0.500. The molecule has 0 spiro atoms. The minimum atomic E-state index is 0.882. The molecule has 0 radical (unpaired) electrons. The van der Waals surface area contributed by atoms with Crippen molar-refractivity contribution in [3.8, 4) is 0 Å². The molecule has 0 bridgehead atoms. The normalized spacial score (nSPS) is 24.3. The molecule has 1 aliphatic rings. The molecule has 2 heteroatoms. The maximum atomic E-state index is 2.33. The van der Waals surface area contributed by atoms with E-state index in [-0.39, 0.29) is 0 Å². The van der Waals surface area contributed by atoms with Crippen molar-refractivity contribution in [2.45, 2.75) is 17.6 Å². The van der Waals surface area contributed by atoms with Crippen LogP contribution >= 0.6 is 23.1 Å². The van der Waals surface area contributed by atoms with Gasteiger partial charge in [0.25, 0.3) is 0 Å². The van der Waals surface area contributed by atoms with Crippen LogP contribution in [0.3, 0.4) is 0 Å². The topological polar surface area (TPSA) is 0 Å². The molecule has 1 unspecified atom stereocenters. The summed E-state index contributed by atoms with van der Waals surface area (Å²) in [5.41, 5.74) is 1.58. The van der Waals surface area contributed by atoms with E-state index >= 15 is 0 Å². The van der Waals surface area contributed by atoms with Gasteiger partial charge in [-0.2, -0.15) is 0 Å². The predicted molar refractivity (Wildman–Crippen MR) is 47.9 cm³/mol. The van der Waals surface area contributed by atoms with Gasteiger partial charge >= 0.3 is 0 Å². The molecule has 0 saturated heterocycles. The molecule has 1 aromatic heterocycles. The first-order chi connectivity index (χ1) is 4.86. The van der Waals surface area contributed by atoms with Gasteiger partial charge in [-0.3, -0.25) is 0 Å².